The zero-order valence-electron chi connectivity index (χ0n) is 14.1. The van der Waals surface area contributed by atoms with Crippen LogP contribution in [0.25, 0.3) is 11.2 Å². The molecule has 1 saturated heterocycles. The fraction of sp³-hybridized carbons (Fsp3) is 0.625. The maximum Gasteiger partial charge on any atom is 0.216 e. The van der Waals surface area contributed by atoms with Crippen LogP contribution in [-0.4, -0.2) is 58.7 Å². The number of aryl methyl sites for hydroxylation is 1. The predicted octanol–water partition coefficient (Wildman–Crippen LogP) is 1.36. The van der Waals surface area contributed by atoms with E-state index in [1.807, 2.05) is 23.7 Å². The van der Waals surface area contributed by atoms with E-state index in [1.165, 1.54) is 0 Å². The second-order valence-electron chi connectivity index (χ2n) is 6.80. The van der Waals surface area contributed by atoms with E-state index in [4.69, 9.17) is 0 Å². The summed E-state index contributed by atoms with van der Waals surface area (Å²) in [6.45, 7) is 1.62. The molecule has 0 amide bonds. The lowest BCUT2D eigenvalue weighted by molar-refractivity contribution is 0.310. The predicted molar refractivity (Wildman–Crippen MR) is 93.4 cm³/mol. The highest BCUT2D eigenvalue weighted by Crippen LogP contribution is 2.33. The van der Waals surface area contributed by atoms with E-state index in [1.54, 1.807) is 17.5 Å². The summed E-state index contributed by atoms with van der Waals surface area (Å²) in [5, 5.41) is -0.133. The van der Waals surface area contributed by atoms with Crippen molar-refractivity contribution in [3.8, 4) is 0 Å². The third-order valence-electron chi connectivity index (χ3n) is 5.21. The Morgan fingerprint density at radius 1 is 1.21 bits per heavy atom. The number of sulfonamides is 1. The molecule has 24 heavy (non-hydrogen) atoms. The van der Waals surface area contributed by atoms with Crippen molar-refractivity contribution < 1.29 is 8.42 Å². The molecule has 7 nitrogen and oxygen atoms in total. The van der Waals surface area contributed by atoms with E-state index in [2.05, 4.69) is 14.9 Å². The van der Waals surface area contributed by atoms with Gasteiger partial charge in [0, 0.05) is 39.4 Å². The molecule has 8 heteroatoms. The van der Waals surface area contributed by atoms with E-state index >= 15 is 0 Å². The Balaban J connectivity index is 1.48. The Morgan fingerprint density at radius 2 is 1.92 bits per heavy atom. The zero-order valence-corrected chi connectivity index (χ0v) is 14.9. The number of hydrogen-bond acceptors (Lipinski definition) is 5. The van der Waals surface area contributed by atoms with E-state index in [9.17, 15) is 8.42 Å². The Hall–Kier alpha value is -1.67. The highest BCUT2D eigenvalue weighted by molar-refractivity contribution is 7.90. The molecule has 0 N–H and O–H groups in total. The summed E-state index contributed by atoms with van der Waals surface area (Å²) in [4.78, 5) is 11.3. The first-order chi connectivity index (χ1) is 11.5. The monoisotopic (exact) mass is 349 g/mol. The van der Waals surface area contributed by atoms with E-state index in [0.717, 1.165) is 55.9 Å². The van der Waals surface area contributed by atoms with Crippen molar-refractivity contribution in [2.45, 2.75) is 37.0 Å². The molecule has 0 radical (unpaired) electrons. The van der Waals surface area contributed by atoms with Crippen LogP contribution in [0.1, 0.15) is 25.7 Å². The largest absolute Gasteiger partial charge is 0.342 e. The number of hydrogen-bond donors (Lipinski definition) is 0. The minimum absolute atomic E-state index is 0.0969. The lowest BCUT2D eigenvalue weighted by atomic mass is 10.1. The van der Waals surface area contributed by atoms with E-state index < -0.39 is 10.0 Å². The summed E-state index contributed by atoms with van der Waals surface area (Å²) in [5.41, 5.74) is 1.77. The zero-order chi connectivity index (χ0) is 16.9. The van der Waals surface area contributed by atoms with Crippen LogP contribution in [0.5, 0.6) is 0 Å². The molecule has 1 aliphatic carbocycles. The molecule has 4 rings (SSSR count). The van der Waals surface area contributed by atoms with Gasteiger partial charge in [0.1, 0.15) is 5.52 Å². The summed E-state index contributed by atoms with van der Waals surface area (Å²) in [7, 11) is 0.630. The lowest BCUT2D eigenvalue weighted by Gasteiger charge is -2.36. The number of anilines is 1. The maximum absolute atomic E-state index is 12.4. The van der Waals surface area contributed by atoms with Gasteiger partial charge in [0.25, 0.3) is 0 Å². The summed E-state index contributed by atoms with van der Waals surface area (Å²) in [5.74, 6) is 0.912. The van der Waals surface area contributed by atoms with Gasteiger partial charge in [-0.25, -0.2) is 22.7 Å². The van der Waals surface area contributed by atoms with Crippen LogP contribution in [0, 0.1) is 0 Å². The van der Waals surface area contributed by atoms with Crippen molar-refractivity contribution in [1.29, 1.82) is 0 Å². The quantitative estimate of drug-likeness (QED) is 0.833. The third kappa shape index (κ3) is 2.57. The number of piperidine rings is 1. The van der Waals surface area contributed by atoms with Crippen LogP contribution in [-0.2, 0) is 17.1 Å². The molecular weight excluding hydrogens is 326 g/mol. The molecule has 2 fully saturated rings. The molecule has 0 spiro atoms. The number of pyridine rings is 1. The average Bonchev–Trinajstić information content (AvgIpc) is 3.40. The number of fused-ring (bicyclic) bond motifs is 1. The number of aromatic nitrogens is 3. The van der Waals surface area contributed by atoms with Crippen molar-refractivity contribution in [2.24, 2.45) is 7.05 Å². The highest BCUT2D eigenvalue weighted by Gasteiger charge is 2.41. The van der Waals surface area contributed by atoms with Crippen LogP contribution >= 0.6 is 0 Å². The van der Waals surface area contributed by atoms with Gasteiger partial charge in [-0.2, -0.15) is 0 Å². The van der Waals surface area contributed by atoms with Gasteiger partial charge in [0.2, 0.25) is 16.0 Å². The molecule has 2 aliphatic rings. The summed E-state index contributed by atoms with van der Waals surface area (Å²) < 4.78 is 28.4. The van der Waals surface area contributed by atoms with Crippen LogP contribution in [0.3, 0.4) is 0 Å². The summed E-state index contributed by atoms with van der Waals surface area (Å²) in [6, 6.07) is 3.96. The van der Waals surface area contributed by atoms with Crippen molar-refractivity contribution >= 4 is 27.1 Å². The van der Waals surface area contributed by atoms with Crippen LogP contribution < -0.4 is 4.90 Å². The van der Waals surface area contributed by atoms with Crippen molar-refractivity contribution in [3.63, 3.8) is 0 Å². The first kappa shape index (κ1) is 15.8. The smallest absolute Gasteiger partial charge is 0.216 e. The Kier molecular flexibility index (Phi) is 3.76. The number of rotatable bonds is 4. The molecular formula is C16H23N5O2S. The Labute approximate surface area is 142 Å². The van der Waals surface area contributed by atoms with Gasteiger partial charge in [-0.15, -0.1) is 0 Å². The average molecular weight is 349 g/mol. The number of nitrogens with zero attached hydrogens (tertiary/aromatic N) is 5. The lowest BCUT2D eigenvalue weighted by Crippen LogP contribution is -2.47. The second kappa shape index (κ2) is 5.70. The van der Waals surface area contributed by atoms with Crippen LogP contribution in [0.2, 0.25) is 0 Å². The van der Waals surface area contributed by atoms with Gasteiger partial charge in [0.15, 0.2) is 5.65 Å². The van der Waals surface area contributed by atoms with Gasteiger partial charge < -0.3 is 4.90 Å². The van der Waals surface area contributed by atoms with Crippen molar-refractivity contribution in [1.82, 2.24) is 18.8 Å². The van der Waals surface area contributed by atoms with Crippen LogP contribution in [0.4, 0.5) is 5.95 Å². The highest BCUT2D eigenvalue weighted by atomic mass is 32.2. The summed E-state index contributed by atoms with van der Waals surface area (Å²) >= 11 is 0. The maximum atomic E-state index is 12.4. The minimum Gasteiger partial charge on any atom is -0.342 e. The standard InChI is InChI=1S/C16H23N5O2S/c1-19-15-14(4-3-9-17-15)18-16(19)21-10-7-12(8-11-21)20(2)24(22,23)13-5-6-13/h3-4,9,12-13H,5-8,10-11H2,1-2H3. The topological polar surface area (TPSA) is 71.3 Å². The molecule has 1 aliphatic heterocycles. The minimum atomic E-state index is -3.09. The molecule has 2 aromatic heterocycles. The SMILES string of the molecule is CN(C1CCN(c2nc3cccnc3n2C)CC1)S(=O)(=O)C1CC1. The van der Waals surface area contributed by atoms with Crippen molar-refractivity contribution in [2.75, 3.05) is 25.0 Å². The fourth-order valence-corrected chi connectivity index (χ4v) is 5.36. The molecule has 0 atom stereocenters. The van der Waals surface area contributed by atoms with Gasteiger partial charge in [-0.1, -0.05) is 0 Å². The van der Waals surface area contributed by atoms with Crippen molar-refractivity contribution in [3.05, 3.63) is 18.3 Å². The first-order valence-corrected chi connectivity index (χ1v) is 9.98. The second-order valence-corrected chi connectivity index (χ2v) is 9.07. The molecule has 0 aromatic carbocycles. The molecule has 0 bridgehead atoms. The van der Waals surface area contributed by atoms with Gasteiger partial charge in [0.05, 0.1) is 5.25 Å². The third-order valence-corrected chi connectivity index (χ3v) is 7.63. The molecule has 3 heterocycles. The normalized spacial score (nSPS) is 20.2. The Bertz CT molecular complexity index is 850. The van der Waals surface area contributed by atoms with Crippen LogP contribution in [0.15, 0.2) is 18.3 Å². The number of imidazole rings is 1. The fourth-order valence-electron chi connectivity index (χ4n) is 3.53. The first-order valence-electron chi connectivity index (χ1n) is 8.47. The molecule has 0 unspecified atom stereocenters. The molecule has 130 valence electrons. The van der Waals surface area contributed by atoms with Gasteiger partial charge in [-0.3, -0.25) is 4.57 Å². The van der Waals surface area contributed by atoms with E-state index in [-0.39, 0.29) is 11.3 Å². The van der Waals surface area contributed by atoms with Gasteiger partial charge in [-0.05, 0) is 37.8 Å². The molecule has 2 aromatic rings. The van der Waals surface area contributed by atoms with E-state index in [0.29, 0.717) is 0 Å². The van der Waals surface area contributed by atoms with Gasteiger partial charge >= 0.3 is 0 Å². The molecule has 1 saturated carbocycles. The summed E-state index contributed by atoms with van der Waals surface area (Å²) in [6.07, 6.45) is 5.08. The Morgan fingerprint density at radius 3 is 2.54 bits per heavy atom.